The molecular formula is C10H16N2O. The third-order valence-electron chi connectivity index (χ3n) is 2.17. The molecule has 0 aliphatic carbocycles. The second-order valence-corrected chi connectivity index (χ2v) is 3.17. The molecule has 2 unspecified atom stereocenters. The number of methoxy groups -OCH3 is 1. The van der Waals surface area contributed by atoms with E-state index in [1.54, 1.807) is 13.3 Å². The summed E-state index contributed by atoms with van der Waals surface area (Å²) in [5, 5.41) is 0. The number of pyridine rings is 1. The highest BCUT2D eigenvalue weighted by molar-refractivity contribution is 5.10. The molecule has 3 heteroatoms. The van der Waals surface area contributed by atoms with Crippen LogP contribution in [0.15, 0.2) is 24.5 Å². The molecule has 0 amide bonds. The first-order chi connectivity index (χ1) is 6.24. The summed E-state index contributed by atoms with van der Waals surface area (Å²) in [6.45, 7) is 1.97. The standard InChI is InChI=1S/C10H16N2O/c1-8(13-2)10(11)6-9-4-3-5-12-7-9/h3-5,7-8,10H,6,11H2,1-2H3. The minimum absolute atomic E-state index is 0.0363. The van der Waals surface area contributed by atoms with E-state index in [4.69, 9.17) is 10.5 Å². The van der Waals surface area contributed by atoms with Crippen LogP contribution in [0.3, 0.4) is 0 Å². The summed E-state index contributed by atoms with van der Waals surface area (Å²) in [6.07, 6.45) is 4.49. The van der Waals surface area contributed by atoms with Crippen molar-refractivity contribution in [1.82, 2.24) is 4.98 Å². The Morgan fingerprint density at radius 2 is 2.38 bits per heavy atom. The summed E-state index contributed by atoms with van der Waals surface area (Å²) in [7, 11) is 1.67. The summed E-state index contributed by atoms with van der Waals surface area (Å²) in [5.41, 5.74) is 7.06. The van der Waals surface area contributed by atoms with Crippen LogP contribution in [0.4, 0.5) is 0 Å². The second kappa shape index (κ2) is 4.94. The van der Waals surface area contributed by atoms with Crippen molar-refractivity contribution in [2.45, 2.75) is 25.5 Å². The van der Waals surface area contributed by atoms with Crippen LogP contribution in [0, 0.1) is 0 Å². The monoisotopic (exact) mass is 180 g/mol. The molecule has 1 aromatic heterocycles. The topological polar surface area (TPSA) is 48.1 Å². The van der Waals surface area contributed by atoms with Crippen molar-refractivity contribution in [3.8, 4) is 0 Å². The highest BCUT2D eigenvalue weighted by Crippen LogP contribution is 2.04. The van der Waals surface area contributed by atoms with E-state index >= 15 is 0 Å². The number of aromatic nitrogens is 1. The van der Waals surface area contributed by atoms with Crippen LogP contribution in [0.5, 0.6) is 0 Å². The fourth-order valence-corrected chi connectivity index (χ4v) is 1.13. The molecule has 2 atom stereocenters. The second-order valence-electron chi connectivity index (χ2n) is 3.17. The minimum atomic E-state index is 0.0363. The van der Waals surface area contributed by atoms with E-state index in [1.165, 1.54) is 0 Å². The fraction of sp³-hybridized carbons (Fsp3) is 0.500. The lowest BCUT2D eigenvalue weighted by Crippen LogP contribution is -2.35. The molecule has 0 saturated heterocycles. The van der Waals surface area contributed by atoms with Gasteiger partial charge in [0.2, 0.25) is 0 Å². The Hall–Kier alpha value is -0.930. The van der Waals surface area contributed by atoms with Gasteiger partial charge in [0.1, 0.15) is 0 Å². The molecule has 0 spiro atoms. The molecule has 2 N–H and O–H groups in total. The van der Waals surface area contributed by atoms with Gasteiger partial charge in [-0.1, -0.05) is 6.07 Å². The zero-order valence-electron chi connectivity index (χ0n) is 8.10. The Morgan fingerprint density at radius 1 is 1.62 bits per heavy atom. The maximum absolute atomic E-state index is 5.91. The van der Waals surface area contributed by atoms with Crippen molar-refractivity contribution in [3.63, 3.8) is 0 Å². The van der Waals surface area contributed by atoms with Crippen LogP contribution >= 0.6 is 0 Å². The quantitative estimate of drug-likeness (QED) is 0.751. The molecule has 13 heavy (non-hydrogen) atoms. The van der Waals surface area contributed by atoms with E-state index in [9.17, 15) is 0 Å². The van der Waals surface area contributed by atoms with Crippen molar-refractivity contribution in [1.29, 1.82) is 0 Å². The van der Waals surface area contributed by atoms with E-state index < -0.39 is 0 Å². The highest BCUT2D eigenvalue weighted by atomic mass is 16.5. The number of hydrogen-bond donors (Lipinski definition) is 1. The van der Waals surface area contributed by atoms with Crippen molar-refractivity contribution < 1.29 is 4.74 Å². The average molecular weight is 180 g/mol. The van der Waals surface area contributed by atoms with Gasteiger partial charge in [-0.15, -0.1) is 0 Å². The Bertz CT molecular complexity index is 238. The van der Waals surface area contributed by atoms with Gasteiger partial charge < -0.3 is 10.5 Å². The predicted molar refractivity (Wildman–Crippen MR) is 52.4 cm³/mol. The molecule has 0 fully saturated rings. The summed E-state index contributed by atoms with van der Waals surface area (Å²) in [4.78, 5) is 4.03. The molecule has 0 saturated carbocycles. The zero-order chi connectivity index (χ0) is 9.68. The van der Waals surface area contributed by atoms with Crippen molar-refractivity contribution in [2.75, 3.05) is 7.11 Å². The summed E-state index contributed by atoms with van der Waals surface area (Å²) in [5.74, 6) is 0. The van der Waals surface area contributed by atoms with Crippen LogP contribution in [-0.2, 0) is 11.2 Å². The van der Waals surface area contributed by atoms with Crippen LogP contribution in [0.2, 0.25) is 0 Å². The molecule has 0 aliphatic rings. The Morgan fingerprint density at radius 3 is 2.92 bits per heavy atom. The lowest BCUT2D eigenvalue weighted by Gasteiger charge is -2.17. The van der Waals surface area contributed by atoms with Gasteiger partial charge in [-0.05, 0) is 25.0 Å². The summed E-state index contributed by atoms with van der Waals surface area (Å²) in [6, 6.07) is 3.98. The molecule has 0 aromatic carbocycles. The first-order valence-corrected chi connectivity index (χ1v) is 4.41. The number of ether oxygens (including phenoxy) is 1. The Balaban J connectivity index is 2.50. The molecular weight excluding hydrogens is 164 g/mol. The van der Waals surface area contributed by atoms with Crippen LogP contribution in [0.1, 0.15) is 12.5 Å². The van der Waals surface area contributed by atoms with E-state index in [2.05, 4.69) is 4.98 Å². The zero-order valence-corrected chi connectivity index (χ0v) is 8.10. The van der Waals surface area contributed by atoms with E-state index in [0.29, 0.717) is 0 Å². The van der Waals surface area contributed by atoms with Gasteiger partial charge in [0.15, 0.2) is 0 Å². The van der Waals surface area contributed by atoms with Gasteiger partial charge in [-0.3, -0.25) is 4.98 Å². The smallest absolute Gasteiger partial charge is 0.0697 e. The van der Waals surface area contributed by atoms with E-state index in [-0.39, 0.29) is 12.1 Å². The molecule has 0 radical (unpaired) electrons. The van der Waals surface area contributed by atoms with Gasteiger partial charge >= 0.3 is 0 Å². The Kier molecular flexibility index (Phi) is 3.86. The van der Waals surface area contributed by atoms with Gasteiger partial charge in [-0.2, -0.15) is 0 Å². The highest BCUT2D eigenvalue weighted by Gasteiger charge is 2.11. The first-order valence-electron chi connectivity index (χ1n) is 4.41. The van der Waals surface area contributed by atoms with E-state index in [0.717, 1.165) is 12.0 Å². The van der Waals surface area contributed by atoms with E-state index in [1.807, 2.05) is 25.3 Å². The lowest BCUT2D eigenvalue weighted by atomic mass is 10.0. The third kappa shape index (κ3) is 3.13. The SMILES string of the molecule is COC(C)C(N)Cc1cccnc1. The van der Waals surface area contributed by atoms with Crippen LogP contribution in [0.25, 0.3) is 0 Å². The molecule has 0 bridgehead atoms. The largest absolute Gasteiger partial charge is 0.380 e. The van der Waals surface area contributed by atoms with Crippen molar-refractivity contribution >= 4 is 0 Å². The molecule has 3 nitrogen and oxygen atoms in total. The van der Waals surface area contributed by atoms with Gasteiger partial charge in [0.25, 0.3) is 0 Å². The van der Waals surface area contributed by atoms with Crippen molar-refractivity contribution in [3.05, 3.63) is 30.1 Å². The average Bonchev–Trinajstić information content (AvgIpc) is 2.18. The number of rotatable bonds is 4. The summed E-state index contributed by atoms with van der Waals surface area (Å²) < 4.78 is 5.14. The number of nitrogens with zero attached hydrogens (tertiary/aromatic N) is 1. The molecule has 1 rings (SSSR count). The van der Waals surface area contributed by atoms with Gasteiger partial charge in [-0.25, -0.2) is 0 Å². The van der Waals surface area contributed by atoms with Crippen LogP contribution in [-0.4, -0.2) is 24.2 Å². The number of nitrogens with two attached hydrogens (primary N) is 1. The van der Waals surface area contributed by atoms with Gasteiger partial charge in [0, 0.05) is 25.5 Å². The minimum Gasteiger partial charge on any atom is -0.380 e. The van der Waals surface area contributed by atoms with Gasteiger partial charge in [0.05, 0.1) is 6.10 Å². The molecule has 1 heterocycles. The van der Waals surface area contributed by atoms with Crippen molar-refractivity contribution in [2.24, 2.45) is 5.73 Å². The maximum atomic E-state index is 5.91. The fourth-order valence-electron chi connectivity index (χ4n) is 1.13. The van der Waals surface area contributed by atoms with Crippen LogP contribution < -0.4 is 5.73 Å². The molecule has 1 aromatic rings. The lowest BCUT2D eigenvalue weighted by molar-refractivity contribution is 0.0955. The maximum Gasteiger partial charge on any atom is 0.0697 e. The Labute approximate surface area is 78.9 Å². The predicted octanol–water partition coefficient (Wildman–Crippen LogP) is 0.986. The normalized spacial score (nSPS) is 15.3. The third-order valence-corrected chi connectivity index (χ3v) is 2.17. The molecule has 72 valence electrons. The summed E-state index contributed by atoms with van der Waals surface area (Å²) >= 11 is 0. The first kappa shape index (κ1) is 10.2. The number of hydrogen-bond acceptors (Lipinski definition) is 3. The molecule has 0 aliphatic heterocycles.